The standard InChI is InChI=1S/C26H32N2O4/c1-18(2)17-32-22-13-9-20(10-14-22)26(6)23(29)28(24(30)27-26)15-16-31-21-11-7-19(8-12-21)25(3,4)5/h7-14H,1,15-17H2,2-6H3,(H,27,30). The van der Waals surface area contributed by atoms with E-state index in [0.717, 1.165) is 5.57 Å². The third-order valence-corrected chi connectivity index (χ3v) is 5.50. The fraction of sp³-hybridized carbons (Fsp3) is 0.385. The molecule has 0 aromatic heterocycles. The van der Waals surface area contributed by atoms with Crippen molar-refractivity contribution >= 4 is 11.9 Å². The Morgan fingerprint density at radius 1 is 1.00 bits per heavy atom. The first kappa shape index (κ1) is 23.4. The maximum atomic E-state index is 13.1. The second-order valence-corrected chi connectivity index (χ2v) is 9.40. The number of hydrogen-bond donors (Lipinski definition) is 1. The quantitative estimate of drug-likeness (QED) is 0.477. The molecule has 170 valence electrons. The van der Waals surface area contributed by atoms with Gasteiger partial charge < -0.3 is 14.8 Å². The lowest BCUT2D eigenvalue weighted by Crippen LogP contribution is -2.41. The molecule has 1 fully saturated rings. The van der Waals surface area contributed by atoms with Crippen LogP contribution in [0.2, 0.25) is 0 Å². The number of amides is 3. The highest BCUT2D eigenvalue weighted by Crippen LogP contribution is 2.30. The predicted octanol–water partition coefficient (Wildman–Crippen LogP) is 4.79. The summed E-state index contributed by atoms with van der Waals surface area (Å²) in [6.45, 7) is 14.7. The average molecular weight is 437 g/mol. The van der Waals surface area contributed by atoms with Crippen LogP contribution in [0.25, 0.3) is 0 Å². The van der Waals surface area contributed by atoms with Gasteiger partial charge in [-0.2, -0.15) is 0 Å². The third-order valence-electron chi connectivity index (χ3n) is 5.50. The Morgan fingerprint density at radius 2 is 1.56 bits per heavy atom. The first-order valence-electron chi connectivity index (χ1n) is 10.8. The zero-order valence-electron chi connectivity index (χ0n) is 19.5. The molecule has 1 aliphatic heterocycles. The van der Waals surface area contributed by atoms with Crippen LogP contribution in [0.3, 0.4) is 0 Å². The second kappa shape index (κ2) is 9.07. The summed E-state index contributed by atoms with van der Waals surface area (Å²) in [4.78, 5) is 26.8. The molecular weight excluding hydrogens is 404 g/mol. The van der Waals surface area contributed by atoms with Gasteiger partial charge in [-0.25, -0.2) is 4.79 Å². The molecule has 6 heteroatoms. The van der Waals surface area contributed by atoms with Crippen LogP contribution < -0.4 is 14.8 Å². The maximum Gasteiger partial charge on any atom is 0.325 e. The normalized spacial score (nSPS) is 18.5. The van der Waals surface area contributed by atoms with Gasteiger partial charge in [0, 0.05) is 0 Å². The van der Waals surface area contributed by atoms with Gasteiger partial charge in [-0.05, 0) is 60.2 Å². The van der Waals surface area contributed by atoms with Crippen LogP contribution in [0.4, 0.5) is 4.79 Å². The van der Waals surface area contributed by atoms with Gasteiger partial charge in [0.05, 0.1) is 6.54 Å². The zero-order chi connectivity index (χ0) is 23.5. The molecular formula is C26H32N2O4. The van der Waals surface area contributed by atoms with Gasteiger partial charge in [-0.3, -0.25) is 9.69 Å². The Morgan fingerprint density at radius 3 is 2.12 bits per heavy atom. The number of imide groups is 1. The molecule has 1 heterocycles. The van der Waals surface area contributed by atoms with E-state index in [1.807, 2.05) is 31.2 Å². The third kappa shape index (κ3) is 5.13. The minimum Gasteiger partial charge on any atom is -0.492 e. The van der Waals surface area contributed by atoms with Crippen molar-refractivity contribution in [3.8, 4) is 11.5 Å². The van der Waals surface area contributed by atoms with Gasteiger partial charge in [-0.15, -0.1) is 0 Å². The van der Waals surface area contributed by atoms with E-state index >= 15 is 0 Å². The lowest BCUT2D eigenvalue weighted by atomic mass is 9.87. The van der Waals surface area contributed by atoms with E-state index in [2.05, 4.69) is 32.7 Å². The molecule has 2 aromatic rings. The summed E-state index contributed by atoms with van der Waals surface area (Å²) in [6.07, 6.45) is 0. The summed E-state index contributed by atoms with van der Waals surface area (Å²) < 4.78 is 11.4. The van der Waals surface area contributed by atoms with Crippen molar-refractivity contribution in [2.24, 2.45) is 0 Å². The van der Waals surface area contributed by atoms with Crippen LogP contribution in [0.5, 0.6) is 11.5 Å². The molecule has 6 nitrogen and oxygen atoms in total. The van der Waals surface area contributed by atoms with E-state index in [4.69, 9.17) is 9.47 Å². The maximum absolute atomic E-state index is 13.1. The van der Waals surface area contributed by atoms with E-state index in [1.165, 1.54) is 10.5 Å². The molecule has 1 aliphatic rings. The Kier molecular flexibility index (Phi) is 6.63. The Bertz CT molecular complexity index is 990. The SMILES string of the molecule is C=C(C)COc1ccc(C2(C)NC(=O)N(CCOc3ccc(C(C)(C)C)cc3)C2=O)cc1. The van der Waals surface area contributed by atoms with Crippen LogP contribution in [0.1, 0.15) is 45.7 Å². The van der Waals surface area contributed by atoms with E-state index in [-0.39, 0.29) is 24.5 Å². The predicted molar refractivity (Wildman–Crippen MR) is 125 cm³/mol. The number of nitrogens with zero attached hydrogens (tertiary/aromatic N) is 1. The van der Waals surface area contributed by atoms with Crippen molar-refractivity contribution in [1.29, 1.82) is 0 Å². The minimum atomic E-state index is -1.13. The second-order valence-electron chi connectivity index (χ2n) is 9.40. The van der Waals surface area contributed by atoms with Gasteiger partial charge >= 0.3 is 6.03 Å². The van der Waals surface area contributed by atoms with Gasteiger partial charge in [0.25, 0.3) is 5.91 Å². The van der Waals surface area contributed by atoms with Crippen LogP contribution in [-0.2, 0) is 15.7 Å². The Hall–Kier alpha value is -3.28. The number of hydrogen-bond acceptors (Lipinski definition) is 4. The zero-order valence-corrected chi connectivity index (χ0v) is 19.5. The fourth-order valence-electron chi connectivity index (χ4n) is 3.49. The average Bonchev–Trinajstić information content (AvgIpc) is 2.96. The van der Waals surface area contributed by atoms with Crippen LogP contribution in [-0.4, -0.2) is 36.6 Å². The minimum absolute atomic E-state index is 0.0674. The summed E-state index contributed by atoms with van der Waals surface area (Å²) in [5.74, 6) is 1.09. The highest BCUT2D eigenvalue weighted by Gasteiger charge is 2.48. The Balaban J connectivity index is 1.61. The van der Waals surface area contributed by atoms with Crippen molar-refractivity contribution in [2.75, 3.05) is 19.8 Å². The van der Waals surface area contributed by atoms with Gasteiger partial charge in [0.2, 0.25) is 0 Å². The van der Waals surface area contributed by atoms with Gasteiger partial charge in [-0.1, -0.05) is 51.6 Å². The van der Waals surface area contributed by atoms with Gasteiger partial charge in [0.1, 0.15) is 30.3 Å². The fourth-order valence-corrected chi connectivity index (χ4v) is 3.49. The molecule has 3 rings (SSSR count). The smallest absolute Gasteiger partial charge is 0.325 e. The van der Waals surface area contributed by atoms with Crippen molar-refractivity contribution < 1.29 is 19.1 Å². The number of carbonyl (C=O) groups excluding carboxylic acids is 2. The molecule has 32 heavy (non-hydrogen) atoms. The van der Waals surface area contributed by atoms with E-state index < -0.39 is 11.6 Å². The molecule has 0 saturated carbocycles. The van der Waals surface area contributed by atoms with Crippen molar-refractivity contribution in [3.05, 3.63) is 71.8 Å². The number of carbonyl (C=O) groups is 2. The summed E-state index contributed by atoms with van der Waals surface area (Å²) in [5, 5.41) is 2.82. The molecule has 1 N–H and O–H groups in total. The lowest BCUT2D eigenvalue weighted by Gasteiger charge is -2.22. The number of nitrogens with one attached hydrogen (secondary N) is 1. The molecule has 3 amide bonds. The largest absolute Gasteiger partial charge is 0.492 e. The van der Waals surface area contributed by atoms with Crippen molar-refractivity contribution in [1.82, 2.24) is 10.2 Å². The molecule has 0 radical (unpaired) electrons. The first-order chi connectivity index (χ1) is 15.0. The van der Waals surface area contributed by atoms with E-state index in [0.29, 0.717) is 23.7 Å². The topological polar surface area (TPSA) is 67.9 Å². The first-order valence-corrected chi connectivity index (χ1v) is 10.8. The summed E-state index contributed by atoms with van der Waals surface area (Å²) in [6, 6.07) is 14.6. The van der Waals surface area contributed by atoms with E-state index in [9.17, 15) is 9.59 Å². The number of benzene rings is 2. The molecule has 0 aliphatic carbocycles. The highest BCUT2D eigenvalue weighted by atomic mass is 16.5. The lowest BCUT2D eigenvalue weighted by molar-refractivity contribution is -0.131. The van der Waals surface area contributed by atoms with E-state index in [1.54, 1.807) is 31.2 Å². The number of urea groups is 1. The van der Waals surface area contributed by atoms with Crippen molar-refractivity contribution in [2.45, 2.75) is 45.6 Å². The number of ether oxygens (including phenoxy) is 2. The molecule has 1 atom stereocenters. The van der Waals surface area contributed by atoms with Crippen molar-refractivity contribution in [3.63, 3.8) is 0 Å². The molecule has 1 saturated heterocycles. The van der Waals surface area contributed by atoms with Crippen LogP contribution in [0, 0.1) is 0 Å². The molecule has 0 bridgehead atoms. The summed E-state index contributed by atoms with van der Waals surface area (Å²) >= 11 is 0. The van der Waals surface area contributed by atoms with Crippen LogP contribution in [0.15, 0.2) is 60.7 Å². The Labute approximate surface area is 190 Å². The van der Waals surface area contributed by atoms with Crippen LogP contribution >= 0.6 is 0 Å². The highest BCUT2D eigenvalue weighted by molar-refractivity contribution is 6.07. The molecule has 2 aromatic carbocycles. The molecule has 0 spiro atoms. The number of rotatable bonds is 8. The monoisotopic (exact) mass is 436 g/mol. The van der Waals surface area contributed by atoms with Gasteiger partial charge in [0.15, 0.2) is 0 Å². The summed E-state index contributed by atoms with van der Waals surface area (Å²) in [7, 11) is 0. The summed E-state index contributed by atoms with van der Waals surface area (Å²) in [5.41, 5.74) is 1.77. The molecule has 1 unspecified atom stereocenters.